The van der Waals surface area contributed by atoms with Gasteiger partial charge < -0.3 is 5.32 Å². The Bertz CT molecular complexity index is 872. The Hall–Kier alpha value is -2.77. The second-order valence-electron chi connectivity index (χ2n) is 8.40. The maximum atomic E-state index is 12.7. The minimum atomic E-state index is -0.559. The first-order chi connectivity index (χ1) is 13.0. The van der Waals surface area contributed by atoms with E-state index in [2.05, 4.69) is 15.4 Å². The fourth-order valence-electron chi connectivity index (χ4n) is 5.87. The summed E-state index contributed by atoms with van der Waals surface area (Å²) in [6.45, 7) is 0. The van der Waals surface area contributed by atoms with Crippen molar-refractivity contribution in [2.45, 2.75) is 44.1 Å². The van der Waals surface area contributed by atoms with Crippen molar-refractivity contribution in [1.29, 1.82) is 0 Å². The van der Waals surface area contributed by atoms with E-state index in [-0.39, 0.29) is 16.9 Å². The zero-order valence-corrected chi connectivity index (χ0v) is 14.9. The first kappa shape index (κ1) is 16.4. The Labute approximate surface area is 156 Å². The molecule has 2 aromatic rings. The predicted octanol–water partition coefficient (Wildman–Crippen LogP) is 3.36. The monoisotopic (exact) mass is 367 g/mol. The molecule has 0 atom stereocenters. The first-order valence-electron chi connectivity index (χ1n) is 9.48. The van der Waals surface area contributed by atoms with Crippen molar-refractivity contribution in [3.8, 4) is 0 Å². The first-order valence-corrected chi connectivity index (χ1v) is 9.48. The van der Waals surface area contributed by atoms with Gasteiger partial charge in [-0.15, -0.1) is 0 Å². The second kappa shape index (κ2) is 5.87. The number of nitrogens with one attached hydrogen (secondary N) is 1. The van der Waals surface area contributed by atoms with E-state index in [9.17, 15) is 14.9 Å². The molecule has 0 saturated heterocycles. The van der Waals surface area contributed by atoms with Crippen LogP contribution in [0.15, 0.2) is 30.7 Å². The van der Waals surface area contributed by atoms with Crippen LogP contribution in [0.2, 0.25) is 0 Å². The quantitative estimate of drug-likeness (QED) is 0.659. The lowest BCUT2D eigenvalue weighted by molar-refractivity contribution is -0.385. The van der Waals surface area contributed by atoms with Gasteiger partial charge in [-0.2, -0.15) is 5.10 Å². The number of hydrogen-bond acceptors (Lipinski definition) is 5. The molecule has 4 saturated carbocycles. The van der Waals surface area contributed by atoms with Gasteiger partial charge in [0.05, 0.1) is 10.5 Å². The Morgan fingerprint density at radius 1 is 1.15 bits per heavy atom. The fraction of sp³-hybridized carbons (Fsp3) is 0.526. The third-order valence-corrected chi connectivity index (χ3v) is 6.54. The summed E-state index contributed by atoms with van der Waals surface area (Å²) in [7, 11) is 0. The molecule has 4 aliphatic rings. The minimum Gasteiger partial charge on any atom is -0.320 e. The SMILES string of the molecule is O=C(Nc1ccncc1)c1nn(C23CC4CC(CC(C4)C2)C3)cc1[N+](=O)[O-]. The van der Waals surface area contributed by atoms with E-state index < -0.39 is 10.8 Å². The molecule has 4 aliphatic carbocycles. The van der Waals surface area contributed by atoms with Crippen LogP contribution in [-0.4, -0.2) is 25.6 Å². The van der Waals surface area contributed by atoms with Crippen molar-refractivity contribution in [1.82, 2.24) is 14.8 Å². The lowest BCUT2D eigenvalue weighted by atomic mass is 9.53. The van der Waals surface area contributed by atoms with E-state index in [4.69, 9.17) is 0 Å². The van der Waals surface area contributed by atoms with Gasteiger partial charge in [-0.25, -0.2) is 0 Å². The van der Waals surface area contributed by atoms with E-state index in [0.717, 1.165) is 19.3 Å². The molecule has 4 bridgehead atoms. The number of nitro groups is 1. The molecule has 0 aliphatic heterocycles. The molecule has 8 nitrogen and oxygen atoms in total. The lowest BCUT2D eigenvalue weighted by Gasteiger charge is -2.56. The summed E-state index contributed by atoms with van der Waals surface area (Å²) in [5, 5.41) is 18.7. The number of nitrogens with zero attached hydrogens (tertiary/aromatic N) is 4. The number of carbonyl (C=O) groups is 1. The van der Waals surface area contributed by atoms with Gasteiger partial charge in [0.1, 0.15) is 6.20 Å². The number of aromatic nitrogens is 3. The van der Waals surface area contributed by atoms with Crippen LogP contribution in [0.25, 0.3) is 0 Å². The standard InChI is InChI=1S/C19H21N5O3/c25-18(21-15-1-3-20-4-2-15)17-16(24(26)27)11-23(22-17)19-8-12-5-13(9-19)7-14(6-12)10-19/h1-4,11-14H,5-10H2,(H,20,21,25). The van der Waals surface area contributed by atoms with Gasteiger partial charge >= 0.3 is 5.69 Å². The van der Waals surface area contributed by atoms with Crippen LogP contribution in [0.4, 0.5) is 11.4 Å². The van der Waals surface area contributed by atoms with Crippen LogP contribution in [0.1, 0.15) is 49.0 Å². The van der Waals surface area contributed by atoms with Crippen molar-refractivity contribution in [2.24, 2.45) is 17.8 Å². The van der Waals surface area contributed by atoms with Gasteiger partial charge in [0.2, 0.25) is 5.69 Å². The molecule has 0 unspecified atom stereocenters. The molecule has 0 aromatic carbocycles. The van der Waals surface area contributed by atoms with Gasteiger partial charge in [-0.3, -0.25) is 24.6 Å². The van der Waals surface area contributed by atoms with Crippen molar-refractivity contribution in [3.63, 3.8) is 0 Å². The van der Waals surface area contributed by atoms with Crippen LogP contribution in [-0.2, 0) is 5.54 Å². The predicted molar refractivity (Wildman–Crippen MR) is 97.2 cm³/mol. The number of pyridine rings is 1. The van der Waals surface area contributed by atoms with Crippen molar-refractivity contribution >= 4 is 17.3 Å². The van der Waals surface area contributed by atoms with Gasteiger partial charge in [0.15, 0.2) is 0 Å². The molecule has 4 fully saturated rings. The highest BCUT2D eigenvalue weighted by Gasteiger charge is 2.53. The Morgan fingerprint density at radius 2 is 1.74 bits per heavy atom. The maximum Gasteiger partial charge on any atom is 0.320 e. The molecular formula is C19H21N5O3. The number of carbonyl (C=O) groups excluding carboxylic acids is 1. The van der Waals surface area contributed by atoms with Gasteiger partial charge in [0.25, 0.3) is 5.91 Å². The summed E-state index contributed by atoms with van der Waals surface area (Å²) >= 11 is 0. The highest BCUT2D eigenvalue weighted by molar-refractivity contribution is 6.05. The van der Waals surface area contributed by atoms with Crippen LogP contribution in [0.3, 0.4) is 0 Å². The molecule has 0 radical (unpaired) electrons. The molecule has 2 heterocycles. The third-order valence-electron chi connectivity index (χ3n) is 6.54. The molecule has 6 rings (SSSR count). The van der Waals surface area contributed by atoms with E-state index in [1.54, 1.807) is 29.2 Å². The molecular weight excluding hydrogens is 346 g/mol. The van der Waals surface area contributed by atoms with Crippen molar-refractivity contribution in [3.05, 3.63) is 46.5 Å². The fourth-order valence-corrected chi connectivity index (χ4v) is 5.87. The van der Waals surface area contributed by atoms with Gasteiger partial charge in [-0.1, -0.05) is 0 Å². The van der Waals surface area contributed by atoms with Crippen molar-refractivity contribution in [2.75, 3.05) is 5.32 Å². The summed E-state index contributed by atoms with van der Waals surface area (Å²) in [5.41, 5.74) is 0.0350. The molecule has 27 heavy (non-hydrogen) atoms. The number of rotatable bonds is 4. The highest BCUT2D eigenvalue weighted by atomic mass is 16.6. The van der Waals surface area contributed by atoms with Crippen LogP contribution >= 0.6 is 0 Å². The molecule has 0 spiro atoms. The van der Waals surface area contributed by atoms with Gasteiger partial charge in [-0.05, 0) is 68.4 Å². The summed E-state index contributed by atoms with van der Waals surface area (Å²) in [6, 6.07) is 3.28. The van der Waals surface area contributed by atoms with Gasteiger partial charge in [0, 0.05) is 18.1 Å². The molecule has 2 aromatic heterocycles. The van der Waals surface area contributed by atoms with Crippen LogP contribution in [0, 0.1) is 27.9 Å². The largest absolute Gasteiger partial charge is 0.320 e. The van der Waals surface area contributed by atoms with E-state index in [1.165, 1.54) is 25.5 Å². The number of amides is 1. The zero-order valence-electron chi connectivity index (χ0n) is 14.9. The average molecular weight is 367 g/mol. The highest BCUT2D eigenvalue weighted by Crippen LogP contribution is 2.58. The average Bonchev–Trinajstić information content (AvgIpc) is 3.08. The second-order valence-corrected chi connectivity index (χ2v) is 8.40. The van der Waals surface area contributed by atoms with E-state index in [0.29, 0.717) is 23.4 Å². The molecule has 1 amide bonds. The lowest BCUT2D eigenvalue weighted by Crippen LogP contribution is -2.52. The number of hydrogen-bond donors (Lipinski definition) is 1. The van der Waals surface area contributed by atoms with Crippen molar-refractivity contribution < 1.29 is 9.72 Å². The summed E-state index contributed by atoms with van der Waals surface area (Å²) < 4.78 is 1.76. The third kappa shape index (κ3) is 2.70. The Balaban J connectivity index is 1.49. The van der Waals surface area contributed by atoms with E-state index in [1.807, 2.05) is 0 Å². The smallest absolute Gasteiger partial charge is 0.320 e. The Kier molecular flexibility index (Phi) is 3.57. The maximum absolute atomic E-state index is 12.7. The topological polar surface area (TPSA) is 103 Å². The van der Waals surface area contributed by atoms with E-state index >= 15 is 0 Å². The van der Waals surface area contributed by atoms with Crippen LogP contribution < -0.4 is 5.32 Å². The Morgan fingerprint density at radius 3 is 2.30 bits per heavy atom. The minimum absolute atomic E-state index is 0.118. The molecule has 140 valence electrons. The summed E-state index contributed by atoms with van der Waals surface area (Å²) in [4.78, 5) is 27.6. The van der Waals surface area contributed by atoms with Crippen LogP contribution in [0.5, 0.6) is 0 Å². The number of anilines is 1. The normalized spacial score (nSPS) is 31.0. The summed E-state index contributed by atoms with van der Waals surface area (Å²) in [6.07, 6.45) is 11.5. The molecule has 1 N–H and O–H groups in total. The summed E-state index contributed by atoms with van der Waals surface area (Å²) in [5.74, 6) is 1.51. The zero-order chi connectivity index (χ0) is 18.6. The molecule has 8 heteroatoms.